The van der Waals surface area contributed by atoms with Gasteiger partial charge in [-0.15, -0.1) is 0 Å². The number of anilines is 1. The molecule has 0 bridgehead atoms. The topological polar surface area (TPSA) is 144 Å². The maximum atomic E-state index is 12.8. The highest BCUT2D eigenvalue weighted by Gasteiger charge is 2.28. The molecule has 3 aliphatic heterocycles. The van der Waals surface area contributed by atoms with Crippen molar-refractivity contribution in [3.63, 3.8) is 0 Å². The molecule has 12 nitrogen and oxygen atoms in total. The van der Waals surface area contributed by atoms with E-state index < -0.39 is 11.8 Å². The summed E-state index contributed by atoms with van der Waals surface area (Å²) in [5, 5.41) is 11.9. The van der Waals surface area contributed by atoms with Gasteiger partial charge in [-0.3, -0.25) is 29.1 Å². The third-order valence-corrected chi connectivity index (χ3v) is 7.73. The van der Waals surface area contributed by atoms with Crippen LogP contribution in [-0.4, -0.2) is 74.8 Å². The number of amides is 6. The Morgan fingerprint density at radius 1 is 0.930 bits per heavy atom. The van der Waals surface area contributed by atoms with Gasteiger partial charge >= 0.3 is 6.03 Å². The zero-order valence-corrected chi connectivity index (χ0v) is 24.1. The first-order valence-electron chi connectivity index (χ1n) is 14.6. The summed E-state index contributed by atoms with van der Waals surface area (Å²) in [6, 6.07) is 9.31. The van der Waals surface area contributed by atoms with Crippen molar-refractivity contribution in [2.45, 2.75) is 52.1 Å². The van der Waals surface area contributed by atoms with Gasteiger partial charge in [-0.25, -0.2) is 9.80 Å². The van der Waals surface area contributed by atoms with Gasteiger partial charge in [-0.2, -0.15) is 5.10 Å². The Kier molecular flexibility index (Phi) is 9.23. The van der Waals surface area contributed by atoms with Gasteiger partial charge in [0.15, 0.2) is 0 Å². The molecular formula is C31H35N7O5. The van der Waals surface area contributed by atoms with E-state index in [-0.39, 0.29) is 30.3 Å². The standard InChI is InChI=1S/C31H35N7O5/c1-21-16-29(42)38(15-5-3-2-4-13-33-26(39)20-37-27(40)10-11-28(37)41)35-30(21)22-6-8-25(9-7-22)34-31(43)36-18-23-12-14-32-17-24(23)19-36/h6-12,14,17,21H,2-5,13,15-16,18-20H2,1H3,(H,33,39)(H,34,43). The maximum Gasteiger partial charge on any atom is 0.322 e. The van der Waals surface area contributed by atoms with E-state index in [1.807, 2.05) is 37.3 Å². The average molecular weight is 586 g/mol. The fraction of sp³-hybridized carbons (Fsp3) is 0.387. The smallest absolute Gasteiger partial charge is 0.322 e. The fourth-order valence-corrected chi connectivity index (χ4v) is 5.31. The second-order valence-corrected chi connectivity index (χ2v) is 11.0. The third kappa shape index (κ3) is 7.32. The molecule has 0 saturated carbocycles. The Morgan fingerprint density at radius 3 is 2.40 bits per heavy atom. The number of aromatic nitrogens is 1. The van der Waals surface area contributed by atoms with Crippen molar-refractivity contribution in [1.82, 2.24) is 25.1 Å². The number of hydrazone groups is 1. The zero-order valence-electron chi connectivity index (χ0n) is 24.1. The molecule has 1 atom stereocenters. The Bertz CT molecular complexity index is 1430. The van der Waals surface area contributed by atoms with Crippen molar-refractivity contribution >= 4 is 41.1 Å². The van der Waals surface area contributed by atoms with E-state index in [0.29, 0.717) is 38.3 Å². The van der Waals surface area contributed by atoms with Crippen LogP contribution in [0.25, 0.3) is 0 Å². The van der Waals surface area contributed by atoms with E-state index >= 15 is 0 Å². The predicted octanol–water partition coefficient (Wildman–Crippen LogP) is 2.80. The minimum atomic E-state index is -0.476. The highest BCUT2D eigenvalue weighted by atomic mass is 16.2. The van der Waals surface area contributed by atoms with Crippen molar-refractivity contribution in [1.29, 1.82) is 0 Å². The number of imide groups is 1. The lowest BCUT2D eigenvalue weighted by Gasteiger charge is -2.28. The van der Waals surface area contributed by atoms with Crippen LogP contribution in [0.5, 0.6) is 0 Å². The summed E-state index contributed by atoms with van der Waals surface area (Å²) in [6.45, 7) is 3.76. The molecule has 224 valence electrons. The van der Waals surface area contributed by atoms with Gasteiger partial charge in [-0.1, -0.05) is 31.9 Å². The lowest BCUT2D eigenvalue weighted by molar-refractivity contribution is -0.141. The molecule has 12 heteroatoms. The SMILES string of the molecule is CC1CC(=O)N(CCCCCCNC(=O)CN2C(=O)C=CC2=O)N=C1c1ccc(NC(=O)N2Cc3ccncc3C2)cc1. The summed E-state index contributed by atoms with van der Waals surface area (Å²) < 4.78 is 0. The van der Waals surface area contributed by atoms with E-state index in [1.54, 1.807) is 22.3 Å². The Labute approximate surface area is 249 Å². The summed E-state index contributed by atoms with van der Waals surface area (Å²) in [6.07, 6.45) is 9.46. The quantitative estimate of drug-likeness (QED) is 0.307. The number of rotatable bonds is 11. The lowest BCUT2D eigenvalue weighted by Crippen LogP contribution is -2.40. The number of hydrogen-bond acceptors (Lipinski definition) is 7. The van der Waals surface area contributed by atoms with Crippen LogP contribution < -0.4 is 10.6 Å². The lowest BCUT2D eigenvalue weighted by atomic mass is 9.93. The molecule has 1 aromatic heterocycles. The van der Waals surface area contributed by atoms with Gasteiger partial charge < -0.3 is 15.5 Å². The molecule has 0 spiro atoms. The first-order chi connectivity index (χ1) is 20.8. The number of hydrogen-bond donors (Lipinski definition) is 2. The minimum Gasteiger partial charge on any atom is -0.355 e. The van der Waals surface area contributed by atoms with Gasteiger partial charge in [-0.05, 0) is 47.7 Å². The van der Waals surface area contributed by atoms with Crippen LogP contribution in [0.3, 0.4) is 0 Å². The second-order valence-electron chi connectivity index (χ2n) is 11.0. The van der Waals surface area contributed by atoms with Crippen LogP contribution in [0.15, 0.2) is 60.0 Å². The van der Waals surface area contributed by atoms with Crippen LogP contribution in [-0.2, 0) is 32.3 Å². The number of unbranched alkanes of at least 4 members (excludes halogenated alkanes) is 3. The average Bonchev–Trinajstić information content (AvgIpc) is 3.57. The molecule has 6 amide bonds. The van der Waals surface area contributed by atoms with Crippen molar-refractivity contribution in [3.8, 4) is 0 Å². The summed E-state index contributed by atoms with van der Waals surface area (Å²) in [5.74, 6) is -1.35. The third-order valence-electron chi connectivity index (χ3n) is 7.73. The van der Waals surface area contributed by atoms with Gasteiger partial charge in [0, 0.05) is 68.8 Å². The Balaban J connectivity index is 1.04. The summed E-state index contributed by atoms with van der Waals surface area (Å²) in [4.78, 5) is 67.3. The second kappa shape index (κ2) is 13.4. The minimum absolute atomic E-state index is 0.00490. The van der Waals surface area contributed by atoms with Gasteiger partial charge in [0.2, 0.25) is 11.8 Å². The van der Waals surface area contributed by atoms with Crippen molar-refractivity contribution in [3.05, 3.63) is 71.6 Å². The Hall–Kier alpha value is -4.87. The van der Waals surface area contributed by atoms with Crippen molar-refractivity contribution < 1.29 is 24.0 Å². The van der Waals surface area contributed by atoms with E-state index in [1.165, 1.54) is 0 Å². The molecule has 1 unspecified atom stereocenters. The number of urea groups is 1. The summed E-state index contributed by atoms with van der Waals surface area (Å²) >= 11 is 0. The molecule has 3 aliphatic rings. The number of carbonyl (C=O) groups excluding carboxylic acids is 5. The molecule has 0 saturated heterocycles. The fourth-order valence-electron chi connectivity index (χ4n) is 5.31. The van der Waals surface area contributed by atoms with Gasteiger partial charge in [0.1, 0.15) is 6.54 Å². The molecule has 0 radical (unpaired) electrons. The van der Waals surface area contributed by atoms with Crippen molar-refractivity contribution in [2.24, 2.45) is 11.0 Å². The number of nitrogens with one attached hydrogen (secondary N) is 2. The van der Waals surface area contributed by atoms with Crippen LogP contribution in [0, 0.1) is 5.92 Å². The first kappa shape index (κ1) is 29.6. The van der Waals surface area contributed by atoms with E-state index in [4.69, 9.17) is 0 Å². The molecule has 5 rings (SSSR count). The normalized spacial score (nSPS) is 17.8. The highest BCUT2D eigenvalue weighted by Crippen LogP contribution is 2.24. The summed E-state index contributed by atoms with van der Waals surface area (Å²) in [7, 11) is 0. The molecule has 4 heterocycles. The molecular weight excluding hydrogens is 550 g/mol. The van der Waals surface area contributed by atoms with Crippen molar-refractivity contribution in [2.75, 3.05) is 25.0 Å². The van der Waals surface area contributed by atoms with E-state index in [2.05, 4.69) is 20.7 Å². The molecule has 43 heavy (non-hydrogen) atoms. The molecule has 0 fully saturated rings. The van der Waals surface area contributed by atoms with Crippen LogP contribution in [0.2, 0.25) is 0 Å². The van der Waals surface area contributed by atoms with Gasteiger partial charge in [0.05, 0.1) is 5.71 Å². The molecule has 2 aromatic rings. The number of nitrogens with zero attached hydrogens (tertiary/aromatic N) is 5. The van der Waals surface area contributed by atoms with E-state index in [9.17, 15) is 24.0 Å². The Morgan fingerprint density at radius 2 is 1.65 bits per heavy atom. The maximum absolute atomic E-state index is 12.8. The molecule has 2 N–H and O–H groups in total. The highest BCUT2D eigenvalue weighted by molar-refractivity contribution is 6.14. The first-order valence-corrected chi connectivity index (χ1v) is 14.6. The largest absolute Gasteiger partial charge is 0.355 e. The number of benzene rings is 1. The van der Waals surface area contributed by atoms with Gasteiger partial charge in [0.25, 0.3) is 11.8 Å². The predicted molar refractivity (Wildman–Crippen MR) is 158 cm³/mol. The van der Waals surface area contributed by atoms with Crippen LogP contribution in [0.1, 0.15) is 55.7 Å². The molecule has 0 aliphatic carbocycles. The number of carbonyl (C=O) groups is 5. The zero-order chi connectivity index (χ0) is 30.3. The molecule has 1 aromatic carbocycles. The summed E-state index contributed by atoms with van der Waals surface area (Å²) in [5.41, 5.74) is 4.61. The monoisotopic (exact) mass is 585 g/mol. The number of pyridine rings is 1. The van der Waals surface area contributed by atoms with Crippen LogP contribution >= 0.6 is 0 Å². The number of fused-ring (bicyclic) bond motifs is 1. The van der Waals surface area contributed by atoms with E-state index in [0.717, 1.165) is 65.1 Å². The van der Waals surface area contributed by atoms with Crippen LogP contribution in [0.4, 0.5) is 10.5 Å².